The van der Waals surface area contributed by atoms with Crippen LogP contribution in [0.25, 0.3) is 6.08 Å². The number of hydrogen-bond donors (Lipinski definition) is 2. The molecule has 0 aliphatic carbocycles. The van der Waals surface area contributed by atoms with E-state index < -0.39 is 54.1 Å². The van der Waals surface area contributed by atoms with Crippen molar-refractivity contribution in [3.05, 3.63) is 58.1 Å². The first-order chi connectivity index (χ1) is 12.9. The minimum atomic E-state index is -1.72. The maximum absolute atomic E-state index is 13.4. The first-order valence-electron chi connectivity index (χ1n) is 7.45. The molecule has 0 unspecified atom stereocenters. The maximum atomic E-state index is 13.4. The molecule has 1 heterocycles. The van der Waals surface area contributed by atoms with E-state index >= 15 is 0 Å². The van der Waals surface area contributed by atoms with Gasteiger partial charge >= 0.3 is 5.97 Å². The number of amides is 2. The summed E-state index contributed by atoms with van der Waals surface area (Å²) in [5.41, 5.74) is -0.571. The number of anilines is 1. The van der Waals surface area contributed by atoms with Crippen LogP contribution in [-0.4, -0.2) is 30.9 Å². The fourth-order valence-electron chi connectivity index (χ4n) is 1.77. The highest BCUT2D eigenvalue weighted by atomic mass is 32.1. The van der Waals surface area contributed by atoms with Gasteiger partial charge in [-0.25, -0.2) is 18.0 Å². The Labute approximate surface area is 155 Å². The van der Waals surface area contributed by atoms with Crippen LogP contribution in [0, 0.1) is 17.5 Å². The summed E-state index contributed by atoms with van der Waals surface area (Å²) in [7, 11) is 0. The Morgan fingerprint density at radius 2 is 1.85 bits per heavy atom. The molecule has 0 atom stereocenters. The van der Waals surface area contributed by atoms with E-state index in [9.17, 15) is 27.6 Å². The topological polar surface area (TPSA) is 84.5 Å². The van der Waals surface area contributed by atoms with Crippen molar-refractivity contribution in [1.82, 2.24) is 5.32 Å². The van der Waals surface area contributed by atoms with Gasteiger partial charge in [-0.1, -0.05) is 6.07 Å². The van der Waals surface area contributed by atoms with Gasteiger partial charge in [0.25, 0.3) is 5.91 Å². The normalized spacial score (nSPS) is 10.6. The van der Waals surface area contributed by atoms with Gasteiger partial charge in [0.1, 0.15) is 0 Å². The predicted molar refractivity (Wildman–Crippen MR) is 92.3 cm³/mol. The van der Waals surface area contributed by atoms with E-state index in [-0.39, 0.29) is 0 Å². The van der Waals surface area contributed by atoms with Gasteiger partial charge in [0, 0.05) is 11.0 Å². The number of benzene rings is 1. The number of rotatable bonds is 7. The first-order valence-corrected chi connectivity index (χ1v) is 8.33. The lowest BCUT2D eigenvalue weighted by Crippen LogP contribution is -2.35. The quantitative estimate of drug-likeness (QED) is 0.426. The molecule has 10 heteroatoms. The zero-order chi connectivity index (χ0) is 19.8. The Morgan fingerprint density at radius 1 is 1.07 bits per heavy atom. The van der Waals surface area contributed by atoms with Crippen molar-refractivity contribution in [3.8, 4) is 0 Å². The smallest absolute Gasteiger partial charge is 0.331 e. The van der Waals surface area contributed by atoms with Crippen molar-refractivity contribution in [2.24, 2.45) is 0 Å². The summed E-state index contributed by atoms with van der Waals surface area (Å²) in [5, 5.41) is 5.94. The average molecular weight is 398 g/mol. The van der Waals surface area contributed by atoms with Crippen LogP contribution in [-0.2, 0) is 19.1 Å². The maximum Gasteiger partial charge on any atom is 0.331 e. The molecule has 6 nitrogen and oxygen atoms in total. The lowest BCUT2D eigenvalue weighted by atomic mass is 10.2. The molecule has 0 fully saturated rings. The van der Waals surface area contributed by atoms with E-state index in [1.54, 1.807) is 12.1 Å². The molecular weight excluding hydrogens is 385 g/mol. The Hall–Kier alpha value is -3.14. The molecule has 0 radical (unpaired) electrons. The molecular formula is C17H13F3N2O4S. The molecule has 1 aromatic heterocycles. The SMILES string of the molecule is O=C(COC(=O)/C=C/c1cccs1)NCC(=O)Nc1ccc(F)c(F)c1F. The van der Waals surface area contributed by atoms with Crippen LogP contribution in [0.1, 0.15) is 4.88 Å². The van der Waals surface area contributed by atoms with Crippen molar-refractivity contribution in [1.29, 1.82) is 0 Å². The van der Waals surface area contributed by atoms with Gasteiger partial charge in [0.2, 0.25) is 5.91 Å². The van der Waals surface area contributed by atoms with E-state index in [1.165, 1.54) is 17.4 Å². The molecule has 2 N–H and O–H groups in total. The van der Waals surface area contributed by atoms with Gasteiger partial charge in [-0.3, -0.25) is 9.59 Å². The molecule has 0 aliphatic heterocycles. The summed E-state index contributed by atoms with van der Waals surface area (Å²) < 4.78 is 44.0. The zero-order valence-corrected chi connectivity index (χ0v) is 14.4. The second kappa shape index (κ2) is 9.53. The number of hydrogen-bond acceptors (Lipinski definition) is 5. The van der Waals surface area contributed by atoms with Crippen molar-refractivity contribution in [2.75, 3.05) is 18.5 Å². The van der Waals surface area contributed by atoms with Crippen molar-refractivity contribution < 1.29 is 32.3 Å². The molecule has 2 rings (SSSR count). The molecule has 1 aromatic carbocycles. The Balaban J connectivity index is 1.72. The standard InChI is InChI=1S/C17H13F3N2O4S/c18-11-4-5-12(17(20)16(11)19)22-13(23)8-21-14(24)9-26-15(25)6-3-10-2-1-7-27-10/h1-7H,8-9H2,(H,21,24)(H,22,23)/b6-3+. The van der Waals surface area contributed by atoms with Gasteiger partial charge in [0.15, 0.2) is 24.1 Å². The van der Waals surface area contributed by atoms with Crippen molar-refractivity contribution >= 4 is 40.9 Å². The van der Waals surface area contributed by atoms with Gasteiger partial charge < -0.3 is 15.4 Å². The number of esters is 1. The van der Waals surface area contributed by atoms with Crippen LogP contribution in [0.5, 0.6) is 0 Å². The zero-order valence-electron chi connectivity index (χ0n) is 13.6. The van der Waals surface area contributed by atoms with E-state index in [0.29, 0.717) is 6.07 Å². The molecule has 2 aromatic rings. The molecule has 0 spiro atoms. The second-order valence-electron chi connectivity index (χ2n) is 5.00. The van der Waals surface area contributed by atoms with Crippen LogP contribution in [0.4, 0.5) is 18.9 Å². The minimum absolute atomic E-state index is 0.571. The number of nitrogens with one attached hydrogen (secondary N) is 2. The lowest BCUT2D eigenvalue weighted by molar-refractivity contribution is -0.143. The minimum Gasteiger partial charge on any atom is -0.452 e. The highest BCUT2D eigenvalue weighted by Crippen LogP contribution is 2.19. The van der Waals surface area contributed by atoms with Crippen molar-refractivity contribution in [2.45, 2.75) is 0 Å². The second-order valence-corrected chi connectivity index (χ2v) is 5.98. The third-order valence-corrected chi connectivity index (χ3v) is 3.87. The fourth-order valence-corrected chi connectivity index (χ4v) is 2.39. The molecule has 27 heavy (non-hydrogen) atoms. The summed E-state index contributed by atoms with van der Waals surface area (Å²) in [6.07, 6.45) is 2.67. The van der Waals surface area contributed by atoms with Gasteiger partial charge in [-0.05, 0) is 29.7 Å². The van der Waals surface area contributed by atoms with Gasteiger partial charge in [-0.2, -0.15) is 0 Å². The van der Waals surface area contributed by atoms with E-state index in [1.807, 2.05) is 10.7 Å². The summed E-state index contributed by atoms with van der Waals surface area (Å²) in [4.78, 5) is 35.4. The average Bonchev–Trinajstić information content (AvgIpc) is 3.17. The van der Waals surface area contributed by atoms with Gasteiger partial charge in [-0.15, -0.1) is 11.3 Å². The Bertz CT molecular complexity index is 869. The van der Waals surface area contributed by atoms with Crippen LogP contribution < -0.4 is 10.6 Å². The summed E-state index contributed by atoms with van der Waals surface area (Å²) in [6, 6.07) is 5.08. The van der Waals surface area contributed by atoms with Crippen molar-refractivity contribution in [3.63, 3.8) is 0 Å². The molecule has 0 saturated heterocycles. The fraction of sp³-hybridized carbons (Fsp3) is 0.118. The number of carbonyl (C=O) groups excluding carboxylic acids is 3. The third-order valence-electron chi connectivity index (χ3n) is 3.03. The molecule has 0 saturated carbocycles. The highest BCUT2D eigenvalue weighted by molar-refractivity contribution is 7.10. The van der Waals surface area contributed by atoms with E-state index in [2.05, 4.69) is 10.1 Å². The van der Waals surface area contributed by atoms with Gasteiger partial charge in [0.05, 0.1) is 12.2 Å². The Kier molecular flexibility index (Phi) is 7.12. The summed E-state index contributed by atoms with van der Waals surface area (Å²) >= 11 is 1.41. The number of ether oxygens (including phenoxy) is 1. The van der Waals surface area contributed by atoms with E-state index in [0.717, 1.165) is 17.0 Å². The van der Waals surface area contributed by atoms with E-state index in [4.69, 9.17) is 0 Å². The van der Waals surface area contributed by atoms with Crippen LogP contribution in [0.2, 0.25) is 0 Å². The monoisotopic (exact) mass is 398 g/mol. The lowest BCUT2D eigenvalue weighted by Gasteiger charge is -2.08. The molecule has 2 amide bonds. The number of halogens is 3. The van der Waals surface area contributed by atoms with Crippen LogP contribution >= 0.6 is 11.3 Å². The first kappa shape index (κ1) is 20.2. The van der Waals surface area contributed by atoms with Crippen LogP contribution in [0.15, 0.2) is 35.7 Å². The molecule has 142 valence electrons. The highest BCUT2D eigenvalue weighted by Gasteiger charge is 2.15. The predicted octanol–water partition coefficient (Wildman–Crippen LogP) is 2.48. The summed E-state index contributed by atoms with van der Waals surface area (Å²) in [5.74, 6) is -7.06. The number of carbonyl (C=O) groups is 3. The largest absolute Gasteiger partial charge is 0.452 e. The van der Waals surface area contributed by atoms with Crippen LogP contribution in [0.3, 0.4) is 0 Å². The Morgan fingerprint density at radius 3 is 2.56 bits per heavy atom. The molecule has 0 bridgehead atoms. The summed E-state index contributed by atoms with van der Waals surface area (Å²) in [6.45, 7) is -1.21. The molecule has 0 aliphatic rings. The third kappa shape index (κ3) is 6.26. The number of thiophene rings is 1.